The molecule has 20 heavy (non-hydrogen) atoms. The van der Waals surface area contributed by atoms with Gasteiger partial charge in [-0.3, -0.25) is 0 Å². The quantitative estimate of drug-likeness (QED) is 0.896. The van der Waals surface area contributed by atoms with E-state index in [0.717, 1.165) is 0 Å². The van der Waals surface area contributed by atoms with Gasteiger partial charge in [-0.2, -0.15) is 0 Å². The average Bonchev–Trinajstić information content (AvgIpc) is 2.57. The van der Waals surface area contributed by atoms with E-state index in [4.69, 9.17) is 21.4 Å². The van der Waals surface area contributed by atoms with Crippen LogP contribution in [0.15, 0.2) is 12.3 Å². The zero-order valence-electron chi connectivity index (χ0n) is 11.9. The number of nitrogens with one attached hydrogen (secondary N) is 1. The van der Waals surface area contributed by atoms with Crippen LogP contribution < -0.4 is 5.32 Å². The number of ether oxygens (including phenoxy) is 1. The average molecular weight is 303 g/mol. The highest BCUT2D eigenvalue weighted by atomic mass is 35.5. The van der Waals surface area contributed by atoms with Gasteiger partial charge in [0.05, 0.1) is 5.56 Å². The summed E-state index contributed by atoms with van der Waals surface area (Å²) < 4.78 is 6.70. The van der Waals surface area contributed by atoms with Crippen molar-refractivity contribution in [2.45, 2.75) is 45.9 Å². The summed E-state index contributed by atoms with van der Waals surface area (Å²) in [6.45, 7) is 7.46. The van der Waals surface area contributed by atoms with Crippen LogP contribution in [0.3, 0.4) is 0 Å². The first-order valence-corrected chi connectivity index (χ1v) is 6.55. The van der Waals surface area contributed by atoms with E-state index in [-0.39, 0.29) is 11.6 Å². The maximum atomic E-state index is 11.6. The van der Waals surface area contributed by atoms with Crippen molar-refractivity contribution in [1.82, 2.24) is 9.88 Å². The normalized spacial score (nSPS) is 12.8. The van der Waals surface area contributed by atoms with E-state index < -0.39 is 17.7 Å². The van der Waals surface area contributed by atoms with Gasteiger partial charge in [0.1, 0.15) is 10.8 Å². The number of rotatable bonds is 4. The minimum Gasteiger partial charge on any atom is -0.478 e. The number of nitrogens with zero attached hydrogens (tertiary/aromatic N) is 1. The first-order valence-electron chi connectivity index (χ1n) is 6.17. The van der Waals surface area contributed by atoms with Crippen LogP contribution in [0.5, 0.6) is 0 Å². The smallest absolute Gasteiger partial charge is 0.407 e. The Morgan fingerprint density at radius 2 is 2.10 bits per heavy atom. The number of carbonyl (C=O) groups is 2. The van der Waals surface area contributed by atoms with Gasteiger partial charge < -0.3 is 19.7 Å². The van der Waals surface area contributed by atoms with E-state index in [0.29, 0.717) is 11.7 Å². The second-order valence-corrected chi connectivity index (χ2v) is 5.94. The van der Waals surface area contributed by atoms with Gasteiger partial charge in [-0.05, 0) is 33.8 Å². The molecule has 7 heteroatoms. The van der Waals surface area contributed by atoms with Crippen LogP contribution in [-0.2, 0) is 11.3 Å². The van der Waals surface area contributed by atoms with E-state index in [1.807, 2.05) is 0 Å². The summed E-state index contributed by atoms with van der Waals surface area (Å²) in [5.74, 6) is -1.04. The number of carboxylic acids is 1. The molecule has 112 valence electrons. The molecule has 0 spiro atoms. The Hall–Kier alpha value is -1.69. The van der Waals surface area contributed by atoms with Crippen molar-refractivity contribution in [3.63, 3.8) is 0 Å². The monoisotopic (exact) mass is 302 g/mol. The number of carbonyl (C=O) groups excluding carboxylic acids is 1. The lowest BCUT2D eigenvalue weighted by atomic mass is 10.2. The van der Waals surface area contributed by atoms with Crippen molar-refractivity contribution >= 4 is 23.7 Å². The Bertz CT molecular complexity index is 505. The molecule has 0 saturated carbocycles. The van der Waals surface area contributed by atoms with Gasteiger partial charge >= 0.3 is 12.1 Å². The molecule has 1 atom stereocenters. The molecule has 1 aromatic heterocycles. The van der Waals surface area contributed by atoms with Crippen LogP contribution in [-0.4, -0.2) is 33.4 Å². The number of aromatic carboxylic acids is 1. The topological polar surface area (TPSA) is 80.6 Å². The van der Waals surface area contributed by atoms with Crippen LogP contribution >= 0.6 is 11.6 Å². The van der Waals surface area contributed by atoms with Gasteiger partial charge in [0.25, 0.3) is 0 Å². The highest BCUT2D eigenvalue weighted by Crippen LogP contribution is 2.15. The fourth-order valence-electron chi connectivity index (χ4n) is 1.58. The molecule has 0 aliphatic heterocycles. The summed E-state index contributed by atoms with van der Waals surface area (Å²) in [4.78, 5) is 22.4. The SMILES string of the molecule is C[C@@H](Cn1cc(C(=O)O)cc1Cl)NC(=O)OC(C)(C)C. The minimum absolute atomic E-state index is 0.111. The van der Waals surface area contributed by atoms with E-state index in [9.17, 15) is 9.59 Å². The van der Waals surface area contributed by atoms with Crippen LogP contribution in [0, 0.1) is 0 Å². The largest absolute Gasteiger partial charge is 0.478 e. The summed E-state index contributed by atoms with van der Waals surface area (Å²) in [6, 6.07) is 1.11. The number of alkyl carbamates (subject to hydrolysis) is 1. The van der Waals surface area contributed by atoms with Crippen molar-refractivity contribution in [2.75, 3.05) is 0 Å². The van der Waals surface area contributed by atoms with Gasteiger partial charge in [0.2, 0.25) is 0 Å². The number of carboxylic acid groups (broad SMARTS) is 1. The van der Waals surface area contributed by atoms with Gasteiger partial charge in [-0.25, -0.2) is 9.59 Å². The molecular formula is C13H19ClN2O4. The third kappa shape index (κ3) is 5.13. The van der Waals surface area contributed by atoms with Crippen LogP contribution in [0.25, 0.3) is 0 Å². The molecule has 0 unspecified atom stereocenters. The maximum absolute atomic E-state index is 11.6. The van der Waals surface area contributed by atoms with Crippen molar-refractivity contribution in [2.24, 2.45) is 0 Å². The zero-order valence-corrected chi connectivity index (χ0v) is 12.7. The minimum atomic E-state index is -1.04. The van der Waals surface area contributed by atoms with Crippen molar-refractivity contribution in [3.8, 4) is 0 Å². The molecule has 0 aromatic carbocycles. The molecule has 0 aliphatic carbocycles. The Balaban J connectivity index is 2.60. The number of aromatic nitrogens is 1. The van der Waals surface area contributed by atoms with E-state index in [1.54, 1.807) is 32.3 Å². The number of amides is 1. The predicted octanol–water partition coefficient (Wildman–Crippen LogP) is 2.75. The van der Waals surface area contributed by atoms with Crippen LogP contribution in [0.4, 0.5) is 4.79 Å². The number of hydrogen-bond donors (Lipinski definition) is 2. The number of halogens is 1. The Morgan fingerprint density at radius 3 is 2.55 bits per heavy atom. The Labute approximate surface area is 122 Å². The lowest BCUT2D eigenvalue weighted by Gasteiger charge is -2.22. The highest BCUT2D eigenvalue weighted by molar-refractivity contribution is 6.30. The molecule has 2 N–H and O–H groups in total. The van der Waals surface area contributed by atoms with Crippen LogP contribution in [0.2, 0.25) is 5.15 Å². The molecule has 1 rings (SSSR count). The molecular weight excluding hydrogens is 284 g/mol. The summed E-state index contributed by atoms with van der Waals surface area (Å²) in [5, 5.41) is 11.8. The molecule has 0 aliphatic rings. The number of hydrogen-bond acceptors (Lipinski definition) is 3. The molecule has 0 fully saturated rings. The first kappa shape index (κ1) is 16.4. The standard InChI is InChI=1S/C13H19ClN2O4/c1-8(15-12(19)20-13(2,3)4)6-16-7-9(11(17)18)5-10(16)14/h5,7-8H,6H2,1-4H3,(H,15,19)(H,17,18)/t8-/m0/s1. The molecule has 1 heterocycles. The maximum Gasteiger partial charge on any atom is 0.407 e. The van der Waals surface area contributed by atoms with Crippen LogP contribution in [0.1, 0.15) is 38.1 Å². The molecule has 0 saturated heterocycles. The van der Waals surface area contributed by atoms with Crippen molar-refractivity contribution in [1.29, 1.82) is 0 Å². The van der Waals surface area contributed by atoms with Gasteiger partial charge in [-0.15, -0.1) is 0 Å². The summed E-state index contributed by atoms with van der Waals surface area (Å²) in [6.07, 6.45) is 0.907. The Kier molecular flexibility index (Phi) is 5.05. The summed E-state index contributed by atoms with van der Waals surface area (Å²) >= 11 is 5.93. The van der Waals surface area contributed by atoms with Crippen molar-refractivity contribution in [3.05, 3.63) is 23.0 Å². The van der Waals surface area contributed by atoms with E-state index in [2.05, 4.69) is 5.32 Å². The molecule has 0 radical (unpaired) electrons. The molecule has 1 amide bonds. The summed E-state index contributed by atoms with van der Waals surface area (Å²) in [5.41, 5.74) is -0.453. The predicted molar refractivity (Wildman–Crippen MR) is 75.2 cm³/mol. The molecule has 6 nitrogen and oxygen atoms in total. The molecule has 0 bridgehead atoms. The fourth-order valence-corrected chi connectivity index (χ4v) is 1.82. The molecule has 1 aromatic rings. The highest BCUT2D eigenvalue weighted by Gasteiger charge is 2.18. The lowest BCUT2D eigenvalue weighted by molar-refractivity contribution is 0.0503. The van der Waals surface area contributed by atoms with E-state index in [1.165, 1.54) is 12.3 Å². The third-order valence-electron chi connectivity index (χ3n) is 2.32. The Morgan fingerprint density at radius 1 is 1.50 bits per heavy atom. The second-order valence-electron chi connectivity index (χ2n) is 5.56. The first-order chi connectivity index (χ1) is 9.08. The van der Waals surface area contributed by atoms with Gasteiger partial charge in [-0.1, -0.05) is 11.6 Å². The fraction of sp³-hybridized carbons (Fsp3) is 0.538. The lowest BCUT2D eigenvalue weighted by Crippen LogP contribution is -2.39. The van der Waals surface area contributed by atoms with Gasteiger partial charge in [0, 0.05) is 18.8 Å². The summed E-state index contributed by atoms with van der Waals surface area (Å²) in [7, 11) is 0. The zero-order chi connectivity index (χ0) is 15.5. The third-order valence-corrected chi connectivity index (χ3v) is 2.65. The second kappa shape index (κ2) is 6.17. The van der Waals surface area contributed by atoms with Crippen molar-refractivity contribution < 1.29 is 19.4 Å². The van der Waals surface area contributed by atoms with Gasteiger partial charge in [0.15, 0.2) is 0 Å². The van der Waals surface area contributed by atoms with E-state index >= 15 is 0 Å².